The molecule has 0 fully saturated rings. The highest BCUT2D eigenvalue weighted by Gasteiger charge is 2.13. The molecule has 0 amide bonds. The lowest BCUT2D eigenvalue weighted by Gasteiger charge is -2.13. The number of fused-ring (bicyclic) bond motifs is 1. The summed E-state index contributed by atoms with van der Waals surface area (Å²) in [6.07, 6.45) is 0. The minimum Gasteiger partial charge on any atom is -0.458 e. The van der Waals surface area contributed by atoms with Crippen LogP contribution in [0.1, 0.15) is 5.76 Å². The van der Waals surface area contributed by atoms with Crippen molar-refractivity contribution in [3.05, 3.63) is 54.3 Å². The van der Waals surface area contributed by atoms with Crippen LogP contribution >= 0.6 is 0 Å². The van der Waals surface area contributed by atoms with Crippen LogP contribution in [0.5, 0.6) is 0 Å². The van der Waals surface area contributed by atoms with E-state index in [1.807, 2.05) is 45.3 Å². The van der Waals surface area contributed by atoms with Gasteiger partial charge >= 0.3 is 0 Å². The lowest BCUT2D eigenvalue weighted by Crippen LogP contribution is -2.07. The van der Waals surface area contributed by atoms with Crippen molar-refractivity contribution < 1.29 is 4.42 Å². The number of nitrogens with zero attached hydrogens (tertiary/aromatic N) is 4. The van der Waals surface area contributed by atoms with E-state index in [9.17, 15) is 0 Å². The minimum atomic E-state index is 0.528. The fourth-order valence-corrected chi connectivity index (χ4v) is 2.79. The van der Waals surface area contributed by atoms with Gasteiger partial charge in [0.15, 0.2) is 11.4 Å². The molecule has 6 nitrogen and oxygen atoms in total. The smallest absolute Gasteiger partial charge is 0.217 e. The first-order valence-corrected chi connectivity index (χ1v) is 8.02. The van der Waals surface area contributed by atoms with Crippen LogP contribution in [0.3, 0.4) is 0 Å². The molecule has 6 heteroatoms. The van der Waals surface area contributed by atoms with E-state index >= 15 is 0 Å². The van der Waals surface area contributed by atoms with Crippen LogP contribution < -0.4 is 10.6 Å². The van der Waals surface area contributed by atoms with Crippen LogP contribution in [0.25, 0.3) is 28.4 Å². The zero-order chi connectivity index (χ0) is 17.6. The third-order valence-corrected chi connectivity index (χ3v) is 4.14. The van der Waals surface area contributed by atoms with Gasteiger partial charge in [0.25, 0.3) is 0 Å². The summed E-state index contributed by atoms with van der Waals surface area (Å²) >= 11 is 0. The largest absolute Gasteiger partial charge is 0.458 e. The molecule has 3 heterocycles. The second-order valence-electron chi connectivity index (χ2n) is 6.23. The highest BCUT2D eigenvalue weighted by molar-refractivity contribution is 5.73. The van der Waals surface area contributed by atoms with Crippen molar-refractivity contribution in [3.8, 4) is 22.7 Å². The van der Waals surface area contributed by atoms with Crippen molar-refractivity contribution in [2.24, 2.45) is 0 Å². The summed E-state index contributed by atoms with van der Waals surface area (Å²) in [5.41, 5.74) is 10.1. The summed E-state index contributed by atoms with van der Waals surface area (Å²) in [7, 11) is 4.04. The average molecular weight is 333 g/mol. The molecule has 25 heavy (non-hydrogen) atoms. The Balaban J connectivity index is 1.78. The number of nitrogen functional groups attached to an aromatic ring is 1. The van der Waals surface area contributed by atoms with E-state index in [4.69, 9.17) is 10.2 Å². The van der Waals surface area contributed by atoms with Gasteiger partial charge in [-0.2, -0.15) is 4.52 Å². The zero-order valence-corrected chi connectivity index (χ0v) is 14.4. The minimum absolute atomic E-state index is 0.528. The maximum absolute atomic E-state index is 6.19. The number of hydrogen-bond donors (Lipinski definition) is 1. The first kappa shape index (κ1) is 15.3. The molecule has 0 saturated carbocycles. The van der Waals surface area contributed by atoms with Crippen LogP contribution in [0.4, 0.5) is 11.5 Å². The van der Waals surface area contributed by atoms with Gasteiger partial charge in [-0.25, -0.2) is 4.98 Å². The van der Waals surface area contributed by atoms with Gasteiger partial charge in [0.1, 0.15) is 11.6 Å². The number of aromatic nitrogens is 3. The lowest BCUT2D eigenvalue weighted by atomic mass is 10.1. The normalized spacial score (nSPS) is 11.2. The fourth-order valence-electron chi connectivity index (χ4n) is 2.79. The van der Waals surface area contributed by atoms with Gasteiger partial charge < -0.3 is 15.1 Å². The molecule has 0 aliphatic rings. The van der Waals surface area contributed by atoms with E-state index < -0.39 is 0 Å². The van der Waals surface area contributed by atoms with E-state index in [0.29, 0.717) is 23.0 Å². The van der Waals surface area contributed by atoms with Gasteiger partial charge in [-0.05, 0) is 54.4 Å². The van der Waals surface area contributed by atoms with Crippen LogP contribution in [-0.2, 0) is 0 Å². The standard InChI is InChI=1S/C19H19N5O/c1-12-4-9-16(25-12)19-21-18-11-14(10-17(20)24(18)22-19)13-5-7-15(8-6-13)23(2)3/h4-11H,20H2,1-3H3. The Morgan fingerprint density at radius 3 is 2.40 bits per heavy atom. The van der Waals surface area contributed by atoms with E-state index in [-0.39, 0.29) is 0 Å². The molecule has 0 saturated heterocycles. The van der Waals surface area contributed by atoms with Crippen molar-refractivity contribution in [3.63, 3.8) is 0 Å². The van der Waals surface area contributed by atoms with Crippen LogP contribution in [0.2, 0.25) is 0 Å². The summed E-state index contributed by atoms with van der Waals surface area (Å²) in [4.78, 5) is 6.63. The molecular weight excluding hydrogens is 314 g/mol. The van der Waals surface area contributed by atoms with Crippen molar-refractivity contribution in [1.29, 1.82) is 0 Å². The quantitative estimate of drug-likeness (QED) is 0.620. The maximum atomic E-state index is 6.19. The number of anilines is 2. The molecule has 4 aromatic rings. The summed E-state index contributed by atoms with van der Waals surface area (Å²) < 4.78 is 7.24. The van der Waals surface area contributed by atoms with Crippen LogP contribution in [-0.4, -0.2) is 28.7 Å². The molecule has 0 spiro atoms. The number of furan rings is 1. The van der Waals surface area contributed by atoms with E-state index in [0.717, 1.165) is 22.6 Å². The zero-order valence-electron chi connectivity index (χ0n) is 14.4. The highest BCUT2D eigenvalue weighted by atomic mass is 16.3. The molecule has 0 radical (unpaired) electrons. The van der Waals surface area contributed by atoms with Gasteiger partial charge in [-0.1, -0.05) is 12.1 Å². The molecule has 0 atom stereocenters. The molecule has 0 unspecified atom stereocenters. The average Bonchev–Trinajstić information content (AvgIpc) is 3.21. The number of aryl methyl sites for hydroxylation is 1. The predicted octanol–water partition coefficient (Wildman–Crippen LogP) is 3.61. The van der Waals surface area contributed by atoms with Crippen molar-refractivity contribution in [2.45, 2.75) is 6.92 Å². The number of rotatable bonds is 3. The van der Waals surface area contributed by atoms with Crippen molar-refractivity contribution in [1.82, 2.24) is 14.6 Å². The summed E-state index contributed by atoms with van der Waals surface area (Å²) in [6, 6.07) is 16.0. The fraction of sp³-hybridized carbons (Fsp3) is 0.158. The second-order valence-corrected chi connectivity index (χ2v) is 6.23. The molecule has 2 N–H and O–H groups in total. The Labute approximate surface area is 145 Å². The monoisotopic (exact) mass is 333 g/mol. The highest BCUT2D eigenvalue weighted by Crippen LogP contribution is 2.27. The number of hydrogen-bond acceptors (Lipinski definition) is 5. The third kappa shape index (κ3) is 2.71. The number of benzene rings is 1. The maximum Gasteiger partial charge on any atom is 0.217 e. The first-order valence-electron chi connectivity index (χ1n) is 8.02. The Bertz CT molecular complexity index is 1040. The Morgan fingerprint density at radius 1 is 1.00 bits per heavy atom. The van der Waals surface area contributed by atoms with E-state index in [1.165, 1.54) is 0 Å². The SMILES string of the molecule is Cc1ccc(-c2nc3cc(-c4ccc(N(C)C)cc4)cc(N)n3n2)o1. The summed E-state index contributed by atoms with van der Waals surface area (Å²) in [6.45, 7) is 1.89. The second kappa shape index (κ2) is 5.66. The van der Waals surface area contributed by atoms with Crippen molar-refractivity contribution >= 4 is 17.2 Å². The van der Waals surface area contributed by atoms with E-state index in [2.05, 4.69) is 39.2 Å². The third-order valence-electron chi connectivity index (χ3n) is 4.14. The van der Waals surface area contributed by atoms with Gasteiger partial charge in [-0.3, -0.25) is 0 Å². The van der Waals surface area contributed by atoms with Gasteiger partial charge in [0.2, 0.25) is 5.82 Å². The molecular formula is C19H19N5O. The lowest BCUT2D eigenvalue weighted by molar-refractivity contribution is 0.544. The van der Waals surface area contributed by atoms with Crippen molar-refractivity contribution in [2.75, 3.05) is 24.7 Å². The summed E-state index contributed by atoms with van der Waals surface area (Å²) in [5.74, 6) is 2.52. The Hall–Kier alpha value is -3.28. The molecule has 1 aromatic carbocycles. The molecule has 4 rings (SSSR count). The number of nitrogens with two attached hydrogens (primary N) is 1. The summed E-state index contributed by atoms with van der Waals surface area (Å²) in [5, 5.41) is 4.45. The molecule has 126 valence electrons. The topological polar surface area (TPSA) is 72.6 Å². The molecule has 0 aliphatic carbocycles. The first-order chi connectivity index (χ1) is 12.0. The van der Waals surface area contributed by atoms with Gasteiger partial charge in [-0.15, -0.1) is 5.10 Å². The van der Waals surface area contributed by atoms with E-state index in [1.54, 1.807) is 4.52 Å². The van der Waals surface area contributed by atoms with Gasteiger partial charge in [0.05, 0.1) is 0 Å². The molecule has 0 bridgehead atoms. The Kier molecular flexibility index (Phi) is 3.46. The number of pyridine rings is 1. The van der Waals surface area contributed by atoms with Crippen LogP contribution in [0.15, 0.2) is 52.9 Å². The molecule has 3 aromatic heterocycles. The Morgan fingerprint density at radius 2 is 1.76 bits per heavy atom. The van der Waals surface area contributed by atoms with Crippen LogP contribution in [0, 0.1) is 6.92 Å². The van der Waals surface area contributed by atoms with Gasteiger partial charge in [0, 0.05) is 19.8 Å². The molecule has 0 aliphatic heterocycles. The predicted molar refractivity (Wildman–Crippen MR) is 99.6 cm³/mol.